The van der Waals surface area contributed by atoms with Crippen LogP contribution in [0, 0.1) is 6.92 Å². The number of hydrazone groups is 1. The molecule has 0 radical (unpaired) electrons. The molecule has 1 N–H and O–H groups in total. The van der Waals surface area contributed by atoms with Crippen LogP contribution in [0.5, 0.6) is 0 Å². The second kappa shape index (κ2) is 8.83. The van der Waals surface area contributed by atoms with Crippen molar-refractivity contribution in [2.75, 3.05) is 12.0 Å². The second-order valence-electron chi connectivity index (χ2n) is 7.49. The molecule has 1 heterocycles. The lowest BCUT2D eigenvalue weighted by atomic mass is 10.1. The highest BCUT2D eigenvalue weighted by atomic mass is 16.5. The summed E-state index contributed by atoms with van der Waals surface area (Å²) >= 11 is 0. The lowest BCUT2D eigenvalue weighted by Gasteiger charge is -2.17. The van der Waals surface area contributed by atoms with Gasteiger partial charge in [-0.15, -0.1) is 0 Å². The average Bonchev–Trinajstić information content (AvgIpc) is 3.22. The van der Waals surface area contributed by atoms with E-state index in [4.69, 9.17) is 0 Å². The van der Waals surface area contributed by atoms with E-state index in [0.717, 1.165) is 24.2 Å². The number of nitrogens with one attached hydrogen (secondary N) is 1. The maximum atomic E-state index is 12.5. The number of hydrogen-bond acceptors (Lipinski definition) is 5. The van der Waals surface area contributed by atoms with Gasteiger partial charge < -0.3 is 9.64 Å². The summed E-state index contributed by atoms with van der Waals surface area (Å²) in [6.07, 6.45) is 1.53. The molecule has 1 amide bonds. The van der Waals surface area contributed by atoms with Crippen LogP contribution < -0.4 is 10.3 Å². The van der Waals surface area contributed by atoms with Gasteiger partial charge in [-0.25, -0.2) is 10.2 Å². The first-order chi connectivity index (χ1) is 15.0. The summed E-state index contributed by atoms with van der Waals surface area (Å²) < 4.78 is 4.67. The molecule has 4 rings (SSSR count). The van der Waals surface area contributed by atoms with Crippen molar-refractivity contribution in [3.8, 4) is 0 Å². The second-order valence-corrected chi connectivity index (χ2v) is 7.49. The first kappa shape index (κ1) is 20.3. The number of methoxy groups -OCH3 is 1. The van der Waals surface area contributed by atoms with Crippen molar-refractivity contribution in [1.29, 1.82) is 0 Å². The Labute approximate surface area is 181 Å². The predicted octanol–water partition coefficient (Wildman–Crippen LogP) is 4.07. The smallest absolute Gasteiger partial charge is 0.337 e. The van der Waals surface area contributed by atoms with Crippen LogP contribution in [0.4, 0.5) is 5.69 Å². The Bertz CT molecular complexity index is 1140. The van der Waals surface area contributed by atoms with Crippen molar-refractivity contribution in [2.45, 2.75) is 20.0 Å². The summed E-state index contributed by atoms with van der Waals surface area (Å²) in [5.41, 5.74) is 9.14. The topological polar surface area (TPSA) is 71.0 Å². The molecule has 3 aromatic rings. The number of ether oxygens (including phenoxy) is 1. The number of nitrogens with zero attached hydrogens (tertiary/aromatic N) is 2. The lowest BCUT2D eigenvalue weighted by Crippen LogP contribution is -2.18. The van der Waals surface area contributed by atoms with E-state index in [1.165, 1.54) is 30.1 Å². The van der Waals surface area contributed by atoms with Gasteiger partial charge in [-0.3, -0.25) is 4.79 Å². The third-order valence-electron chi connectivity index (χ3n) is 5.30. The largest absolute Gasteiger partial charge is 0.465 e. The van der Waals surface area contributed by atoms with Crippen LogP contribution in [0.3, 0.4) is 0 Å². The van der Waals surface area contributed by atoms with Gasteiger partial charge in [-0.05, 0) is 60.0 Å². The summed E-state index contributed by atoms with van der Waals surface area (Å²) in [5, 5.41) is 4.03. The molecule has 1 aliphatic heterocycles. The van der Waals surface area contributed by atoms with Gasteiger partial charge in [0.25, 0.3) is 5.91 Å². The molecule has 0 bridgehead atoms. The zero-order valence-electron chi connectivity index (χ0n) is 17.5. The highest BCUT2D eigenvalue weighted by Crippen LogP contribution is 2.29. The van der Waals surface area contributed by atoms with Gasteiger partial charge in [0, 0.05) is 24.3 Å². The van der Waals surface area contributed by atoms with E-state index in [-0.39, 0.29) is 5.91 Å². The van der Waals surface area contributed by atoms with Gasteiger partial charge in [0.05, 0.1) is 18.9 Å². The highest BCUT2D eigenvalue weighted by molar-refractivity contribution is 5.95. The van der Waals surface area contributed by atoms with Crippen molar-refractivity contribution in [1.82, 2.24) is 5.43 Å². The number of fused-ring (bicyclic) bond motifs is 1. The quantitative estimate of drug-likeness (QED) is 0.389. The van der Waals surface area contributed by atoms with Crippen molar-refractivity contribution in [2.24, 2.45) is 5.10 Å². The third kappa shape index (κ3) is 4.64. The number of hydrogen-bond donors (Lipinski definition) is 1. The molecule has 0 saturated heterocycles. The molecule has 1 aliphatic rings. The maximum absolute atomic E-state index is 12.5. The molecular weight excluding hydrogens is 390 g/mol. The van der Waals surface area contributed by atoms with E-state index in [1.807, 2.05) is 18.2 Å². The molecule has 0 atom stereocenters. The molecule has 6 nitrogen and oxygen atoms in total. The highest BCUT2D eigenvalue weighted by Gasteiger charge is 2.20. The molecule has 6 heteroatoms. The van der Waals surface area contributed by atoms with Gasteiger partial charge in [-0.2, -0.15) is 5.10 Å². The number of amides is 1. The number of aryl methyl sites for hydroxylation is 1. The van der Waals surface area contributed by atoms with Crippen molar-refractivity contribution < 1.29 is 14.3 Å². The molecular formula is C25H23N3O3. The molecule has 0 aromatic heterocycles. The van der Waals surface area contributed by atoms with E-state index in [2.05, 4.69) is 51.4 Å². The molecule has 31 heavy (non-hydrogen) atoms. The molecule has 0 spiro atoms. The Morgan fingerprint density at radius 1 is 0.935 bits per heavy atom. The van der Waals surface area contributed by atoms with Crippen LogP contribution in [0.15, 0.2) is 71.8 Å². The Morgan fingerprint density at radius 3 is 2.32 bits per heavy atom. The first-order valence-corrected chi connectivity index (χ1v) is 9.99. The summed E-state index contributed by atoms with van der Waals surface area (Å²) in [6, 6.07) is 21.0. The van der Waals surface area contributed by atoms with E-state index in [9.17, 15) is 9.59 Å². The zero-order chi connectivity index (χ0) is 21.8. The molecule has 0 aliphatic carbocycles. The van der Waals surface area contributed by atoms with Gasteiger partial charge in [0.1, 0.15) is 0 Å². The minimum Gasteiger partial charge on any atom is -0.465 e. The van der Waals surface area contributed by atoms with E-state index >= 15 is 0 Å². The number of esters is 1. The Morgan fingerprint density at radius 2 is 1.61 bits per heavy atom. The molecule has 156 valence electrons. The minimum absolute atomic E-state index is 0.265. The van der Waals surface area contributed by atoms with Crippen LogP contribution in [-0.2, 0) is 17.8 Å². The average molecular weight is 413 g/mol. The van der Waals surface area contributed by atoms with Gasteiger partial charge in [-0.1, -0.05) is 35.9 Å². The molecule has 0 unspecified atom stereocenters. The van der Waals surface area contributed by atoms with E-state index in [1.54, 1.807) is 24.3 Å². The van der Waals surface area contributed by atoms with Crippen LogP contribution in [-0.4, -0.2) is 25.2 Å². The first-order valence-electron chi connectivity index (χ1n) is 9.99. The lowest BCUT2D eigenvalue weighted by molar-refractivity contribution is 0.0600. The summed E-state index contributed by atoms with van der Waals surface area (Å²) in [7, 11) is 1.34. The van der Waals surface area contributed by atoms with Crippen LogP contribution >= 0.6 is 0 Å². The molecule has 0 saturated carbocycles. The maximum Gasteiger partial charge on any atom is 0.337 e. The molecule has 0 fully saturated rings. The number of benzene rings is 3. The standard InChI is InChI=1S/C25H23N3O3/c1-17-3-11-23(12-4-17)28-15-21-10-9-20(13-22(21)16-28)24(29)27-26-14-18-5-7-19(8-6-18)25(30)31-2/h3-14H,15-16H2,1-2H3,(H,27,29)/b26-14+. The third-order valence-corrected chi connectivity index (χ3v) is 5.30. The van der Waals surface area contributed by atoms with Gasteiger partial charge in [0.15, 0.2) is 0 Å². The number of carbonyl (C=O) groups excluding carboxylic acids is 2. The van der Waals surface area contributed by atoms with Crippen molar-refractivity contribution in [3.63, 3.8) is 0 Å². The van der Waals surface area contributed by atoms with Crippen LogP contribution in [0.2, 0.25) is 0 Å². The summed E-state index contributed by atoms with van der Waals surface area (Å²) in [6.45, 7) is 3.68. The Balaban J connectivity index is 1.38. The fraction of sp³-hybridized carbons (Fsp3) is 0.160. The monoisotopic (exact) mass is 413 g/mol. The SMILES string of the molecule is COC(=O)c1ccc(/C=N/NC(=O)c2ccc3c(c2)CN(c2ccc(C)cc2)C3)cc1. The minimum atomic E-state index is -0.394. The number of carbonyl (C=O) groups is 2. The summed E-state index contributed by atoms with van der Waals surface area (Å²) in [5.74, 6) is -0.659. The fourth-order valence-corrected chi connectivity index (χ4v) is 3.53. The van der Waals surface area contributed by atoms with E-state index < -0.39 is 5.97 Å². The van der Waals surface area contributed by atoms with Crippen molar-refractivity contribution in [3.05, 3.63) is 100 Å². The van der Waals surface area contributed by atoms with Gasteiger partial charge >= 0.3 is 5.97 Å². The summed E-state index contributed by atoms with van der Waals surface area (Å²) in [4.78, 5) is 26.3. The van der Waals surface area contributed by atoms with Crippen molar-refractivity contribution >= 4 is 23.8 Å². The van der Waals surface area contributed by atoms with Gasteiger partial charge in [0.2, 0.25) is 0 Å². The van der Waals surface area contributed by atoms with Crippen LogP contribution in [0.1, 0.15) is 43.0 Å². The predicted molar refractivity (Wildman–Crippen MR) is 120 cm³/mol. The normalized spacial score (nSPS) is 12.6. The zero-order valence-corrected chi connectivity index (χ0v) is 17.5. The molecule has 3 aromatic carbocycles. The Hall–Kier alpha value is -3.93. The Kier molecular flexibility index (Phi) is 5.80. The fourth-order valence-electron chi connectivity index (χ4n) is 3.53. The van der Waals surface area contributed by atoms with E-state index in [0.29, 0.717) is 11.1 Å². The number of rotatable bonds is 5. The van der Waals surface area contributed by atoms with Crippen LogP contribution in [0.25, 0.3) is 0 Å². The number of anilines is 1.